The SMILES string of the molecule is N#Cc1ccccc1-c1cccc(-c2cc(-c3ccc4oc5ccccc5c4c3)cc(-c3ccc4oc5ccccc5c4c3)c2)c1. The highest BCUT2D eigenvalue weighted by molar-refractivity contribution is 6.07. The average Bonchev–Trinajstić information content (AvgIpc) is 3.69. The molecule has 0 saturated heterocycles. The highest BCUT2D eigenvalue weighted by atomic mass is 16.3. The first-order valence-electron chi connectivity index (χ1n) is 15.3. The molecule has 2 heterocycles. The van der Waals surface area contributed by atoms with Crippen molar-refractivity contribution in [3.05, 3.63) is 157 Å². The Labute approximate surface area is 265 Å². The largest absolute Gasteiger partial charge is 0.456 e. The summed E-state index contributed by atoms with van der Waals surface area (Å²) in [5, 5.41) is 14.2. The van der Waals surface area contributed by atoms with Gasteiger partial charge in [0.05, 0.1) is 11.6 Å². The van der Waals surface area contributed by atoms with Crippen molar-refractivity contribution in [3.8, 4) is 50.6 Å². The van der Waals surface area contributed by atoms with Crippen molar-refractivity contribution in [2.45, 2.75) is 0 Å². The number of hydrogen-bond acceptors (Lipinski definition) is 3. The van der Waals surface area contributed by atoms with Crippen LogP contribution in [-0.2, 0) is 0 Å². The molecular weight excluding hydrogens is 562 g/mol. The van der Waals surface area contributed by atoms with Crippen LogP contribution >= 0.6 is 0 Å². The second-order valence-corrected chi connectivity index (χ2v) is 11.7. The van der Waals surface area contributed by atoms with Crippen LogP contribution in [-0.4, -0.2) is 0 Å². The third-order valence-electron chi connectivity index (χ3n) is 8.91. The lowest BCUT2D eigenvalue weighted by Crippen LogP contribution is -1.88. The fourth-order valence-electron chi connectivity index (χ4n) is 6.64. The molecular formula is C43H25NO2. The van der Waals surface area contributed by atoms with E-state index in [1.54, 1.807) is 0 Å². The first kappa shape index (κ1) is 26.1. The van der Waals surface area contributed by atoms with Crippen molar-refractivity contribution >= 4 is 43.9 Å². The minimum Gasteiger partial charge on any atom is -0.456 e. The molecule has 0 aliphatic carbocycles. The molecule has 0 aliphatic heterocycles. The molecule has 9 rings (SSSR count). The summed E-state index contributed by atoms with van der Waals surface area (Å²) in [6.07, 6.45) is 0. The lowest BCUT2D eigenvalue weighted by atomic mass is 9.91. The summed E-state index contributed by atoms with van der Waals surface area (Å²) < 4.78 is 12.3. The van der Waals surface area contributed by atoms with Gasteiger partial charge in [-0.2, -0.15) is 5.26 Å². The lowest BCUT2D eigenvalue weighted by molar-refractivity contribution is 0.668. The van der Waals surface area contributed by atoms with Crippen LogP contribution in [0.25, 0.3) is 88.4 Å². The molecule has 2 aromatic heterocycles. The normalized spacial score (nSPS) is 11.5. The van der Waals surface area contributed by atoms with Crippen molar-refractivity contribution in [3.63, 3.8) is 0 Å². The third-order valence-corrected chi connectivity index (χ3v) is 8.91. The second-order valence-electron chi connectivity index (χ2n) is 11.7. The Morgan fingerprint density at radius 2 is 0.804 bits per heavy atom. The quantitative estimate of drug-likeness (QED) is 0.206. The molecule has 0 N–H and O–H groups in total. The fourth-order valence-corrected chi connectivity index (χ4v) is 6.64. The molecule has 0 fully saturated rings. The van der Waals surface area contributed by atoms with Gasteiger partial charge in [-0.3, -0.25) is 0 Å². The average molecular weight is 588 g/mol. The zero-order valence-corrected chi connectivity index (χ0v) is 24.7. The monoisotopic (exact) mass is 587 g/mol. The van der Waals surface area contributed by atoms with E-state index >= 15 is 0 Å². The summed E-state index contributed by atoms with van der Waals surface area (Å²) in [5.74, 6) is 0. The first-order valence-corrected chi connectivity index (χ1v) is 15.3. The van der Waals surface area contributed by atoms with Gasteiger partial charge in [0.1, 0.15) is 22.3 Å². The lowest BCUT2D eigenvalue weighted by Gasteiger charge is -2.13. The van der Waals surface area contributed by atoms with Crippen molar-refractivity contribution in [1.82, 2.24) is 0 Å². The molecule has 9 aromatic rings. The number of hydrogen-bond donors (Lipinski definition) is 0. The van der Waals surface area contributed by atoms with Gasteiger partial charge < -0.3 is 8.83 Å². The minimum atomic E-state index is 0.662. The Morgan fingerprint density at radius 3 is 1.39 bits per heavy atom. The number of fused-ring (bicyclic) bond motifs is 6. The summed E-state index contributed by atoms with van der Waals surface area (Å²) in [6, 6.07) is 54.6. The maximum atomic E-state index is 9.78. The molecule has 0 unspecified atom stereocenters. The Morgan fingerprint density at radius 1 is 0.348 bits per heavy atom. The maximum Gasteiger partial charge on any atom is 0.135 e. The molecule has 7 aromatic carbocycles. The van der Waals surface area contributed by atoms with Crippen LogP contribution in [0.1, 0.15) is 5.56 Å². The van der Waals surface area contributed by atoms with E-state index in [1.165, 1.54) is 0 Å². The molecule has 0 spiro atoms. The Kier molecular flexibility index (Phi) is 5.88. The number of nitriles is 1. The van der Waals surface area contributed by atoms with Crippen LogP contribution in [0.4, 0.5) is 0 Å². The van der Waals surface area contributed by atoms with Gasteiger partial charge in [-0.25, -0.2) is 0 Å². The number of furan rings is 2. The molecule has 0 radical (unpaired) electrons. The molecule has 3 heteroatoms. The van der Waals surface area contributed by atoms with E-state index in [0.717, 1.165) is 88.4 Å². The van der Waals surface area contributed by atoms with Gasteiger partial charge >= 0.3 is 0 Å². The van der Waals surface area contributed by atoms with Crippen LogP contribution < -0.4 is 0 Å². The number of rotatable bonds is 4. The van der Waals surface area contributed by atoms with Gasteiger partial charge in [-0.05, 0) is 111 Å². The molecule has 3 nitrogen and oxygen atoms in total. The Balaban J connectivity index is 1.26. The molecule has 0 atom stereocenters. The highest BCUT2D eigenvalue weighted by Gasteiger charge is 2.14. The predicted octanol–water partition coefficient (Wildman–Crippen LogP) is 12.0. The van der Waals surface area contributed by atoms with Crippen molar-refractivity contribution in [2.75, 3.05) is 0 Å². The van der Waals surface area contributed by atoms with Crippen LogP contribution in [0.15, 0.2) is 160 Å². The summed E-state index contributed by atoms with van der Waals surface area (Å²) in [5.41, 5.74) is 12.8. The van der Waals surface area contributed by atoms with Crippen LogP contribution in [0.5, 0.6) is 0 Å². The van der Waals surface area contributed by atoms with Crippen molar-refractivity contribution < 1.29 is 8.83 Å². The van der Waals surface area contributed by atoms with Gasteiger partial charge in [-0.15, -0.1) is 0 Å². The summed E-state index contributed by atoms with van der Waals surface area (Å²) in [7, 11) is 0. The smallest absolute Gasteiger partial charge is 0.135 e. The van der Waals surface area contributed by atoms with E-state index in [-0.39, 0.29) is 0 Å². The Hall–Kier alpha value is -6.37. The maximum absolute atomic E-state index is 9.78. The number of nitrogens with zero attached hydrogens (tertiary/aromatic N) is 1. The fraction of sp³-hybridized carbons (Fsp3) is 0. The summed E-state index contributed by atoms with van der Waals surface area (Å²) >= 11 is 0. The van der Waals surface area contributed by atoms with Gasteiger partial charge in [0.15, 0.2) is 0 Å². The van der Waals surface area contributed by atoms with Crippen molar-refractivity contribution in [1.29, 1.82) is 5.26 Å². The molecule has 0 aliphatic rings. The molecule has 0 amide bonds. The topological polar surface area (TPSA) is 50.1 Å². The Bertz CT molecular complexity index is 2530. The van der Waals surface area contributed by atoms with Crippen LogP contribution in [0, 0.1) is 11.3 Å². The standard InChI is InChI=1S/C43H25NO2/c44-26-31-8-1-2-11-35(31)30-10-7-9-27(20-30)32-21-33(28-16-18-42-38(24-28)36-12-3-5-14-40(36)45-42)23-34(22-32)29-17-19-43-39(25-29)37-13-4-6-15-41(37)46-43/h1-25H. The second kappa shape index (κ2) is 10.4. The van der Waals surface area contributed by atoms with E-state index in [1.807, 2.05) is 48.5 Å². The highest BCUT2D eigenvalue weighted by Crippen LogP contribution is 2.39. The minimum absolute atomic E-state index is 0.662. The number of benzene rings is 7. The zero-order chi connectivity index (χ0) is 30.6. The third kappa shape index (κ3) is 4.28. The van der Waals surface area contributed by atoms with Gasteiger partial charge in [-0.1, -0.05) is 84.9 Å². The van der Waals surface area contributed by atoms with E-state index in [0.29, 0.717) is 5.56 Å². The van der Waals surface area contributed by atoms with E-state index in [2.05, 4.69) is 109 Å². The first-order chi connectivity index (χ1) is 22.7. The van der Waals surface area contributed by atoms with E-state index in [4.69, 9.17) is 8.83 Å². The van der Waals surface area contributed by atoms with Gasteiger partial charge in [0.25, 0.3) is 0 Å². The van der Waals surface area contributed by atoms with Crippen LogP contribution in [0.2, 0.25) is 0 Å². The summed E-state index contributed by atoms with van der Waals surface area (Å²) in [4.78, 5) is 0. The summed E-state index contributed by atoms with van der Waals surface area (Å²) in [6.45, 7) is 0. The molecule has 0 bridgehead atoms. The number of para-hydroxylation sites is 2. The van der Waals surface area contributed by atoms with Crippen molar-refractivity contribution in [2.24, 2.45) is 0 Å². The zero-order valence-electron chi connectivity index (χ0n) is 24.7. The van der Waals surface area contributed by atoms with Gasteiger partial charge in [0.2, 0.25) is 0 Å². The van der Waals surface area contributed by atoms with E-state index in [9.17, 15) is 5.26 Å². The molecule has 46 heavy (non-hydrogen) atoms. The molecule has 0 saturated carbocycles. The predicted molar refractivity (Wildman–Crippen MR) is 187 cm³/mol. The van der Waals surface area contributed by atoms with Gasteiger partial charge in [0, 0.05) is 21.5 Å². The molecule has 214 valence electrons. The van der Waals surface area contributed by atoms with Crippen LogP contribution in [0.3, 0.4) is 0 Å². The van der Waals surface area contributed by atoms with E-state index < -0.39 is 0 Å².